The molecular formula is C16H20ClN3O. The van der Waals surface area contributed by atoms with Crippen molar-refractivity contribution in [3.05, 3.63) is 34.3 Å². The van der Waals surface area contributed by atoms with Crippen LogP contribution in [0.4, 0.5) is 0 Å². The number of nitrogens with one attached hydrogen (secondary N) is 1. The monoisotopic (exact) mass is 305 g/mol. The third kappa shape index (κ3) is 4.21. The van der Waals surface area contributed by atoms with E-state index in [0.29, 0.717) is 28.7 Å². The zero-order valence-electron chi connectivity index (χ0n) is 12.2. The number of nitrogens with two attached hydrogens (primary N) is 1. The molecule has 0 aromatic heterocycles. The number of amides is 1. The summed E-state index contributed by atoms with van der Waals surface area (Å²) in [6, 6.07) is 5.57. The maximum Gasteiger partial charge on any atom is 0.251 e. The van der Waals surface area contributed by atoms with Crippen molar-refractivity contribution in [2.24, 2.45) is 5.73 Å². The molecule has 0 radical (unpaired) electrons. The molecule has 1 amide bonds. The summed E-state index contributed by atoms with van der Waals surface area (Å²) in [7, 11) is 2.09. The fourth-order valence-electron chi connectivity index (χ4n) is 2.45. The highest BCUT2D eigenvalue weighted by molar-refractivity contribution is 6.32. The molecule has 4 nitrogen and oxygen atoms in total. The van der Waals surface area contributed by atoms with Crippen molar-refractivity contribution < 1.29 is 4.79 Å². The number of nitrogens with zero attached hydrogens (tertiary/aromatic N) is 1. The molecule has 21 heavy (non-hydrogen) atoms. The molecule has 1 aromatic carbocycles. The smallest absolute Gasteiger partial charge is 0.251 e. The first-order chi connectivity index (χ1) is 10.1. The lowest BCUT2D eigenvalue weighted by Gasteiger charge is -2.19. The molecular weight excluding hydrogens is 286 g/mol. The lowest BCUT2D eigenvalue weighted by molar-refractivity contribution is 0.0943. The molecule has 5 heteroatoms. The van der Waals surface area contributed by atoms with Gasteiger partial charge in [-0.05, 0) is 44.6 Å². The van der Waals surface area contributed by atoms with E-state index >= 15 is 0 Å². The lowest BCUT2D eigenvalue weighted by Crippen LogP contribution is -2.38. The minimum atomic E-state index is -0.101. The fourth-order valence-corrected chi connectivity index (χ4v) is 2.68. The second-order valence-electron chi connectivity index (χ2n) is 5.19. The minimum absolute atomic E-state index is 0.101. The van der Waals surface area contributed by atoms with Crippen LogP contribution in [-0.4, -0.2) is 43.5 Å². The van der Waals surface area contributed by atoms with Gasteiger partial charge in [-0.2, -0.15) is 0 Å². The van der Waals surface area contributed by atoms with Crippen LogP contribution in [0.25, 0.3) is 0 Å². The summed E-state index contributed by atoms with van der Waals surface area (Å²) in [6.07, 6.45) is 2.32. The quantitative estimate of drug-likeness (QED) is 0.832. The van der Waals surface area contributed by atoms with E-state index in [9.17, 15) is 4.79 Å². The Morgan fingerprint density at radius 3 is 3.00 bits per heavy atom. The van der Waals surface area contributed by atoms with Gasteiger partial charge in [0, 0.05) is 23.7 Å². The lowest BCUT2D eigenvalue weighted by atomic mass is 10.1. The third-order valence-electron chi connectivity index (χ3n) is 3.73. The molecule has 2 rings (SSSR count). The summed E-state index contributed by atoms with van der Waals surface area (Å²) in [5.41, 5.74) is 6.57. The van der Waals surface area contributed by atoms with Crippen LogP contribution in [0.2, 0.25) is 5.02 Å². The molecule has 112 valence electrons. The third-order valence-corrected chi connectivity index (χ3v) is 4.04. The number of halogens is 1. The van der Waals surface area contributed by atoms with Gasteiger partial charge in [-0.25, -0.2) is 0 Å². The highest BCUT2D eigenvalue weighted by Gasteiger charge is 2.21. The topological polar surface area (TPSA) is 58.4 Å². The fraction of sp³-hybridized carbons (Fsp3) is 0.438. The highest BCUT2D eigenvalue weighted by Crippen LogP contribution is 2.17. The van der Waals surface area contributed by atoms with Gasteiger partial charge in [0.2, 0.25) is 0 Å². The second-order valence-corrected chi connectivity index (χ2v) is 5.59. The number of likely N-dealkylation sites (tertiary alicyclic amines) is 1. The van der Waals surface area contributed by atoms with Gasteiger partial charge in [0.25, 0.3) is 5.91 Å². The first kappa shape index (κ1) is 15.8. The Morgan fingerprint density at radius 1 is 1.57 bits per heavy atom. The van der Waals surface area contributed by atoms with Gasteiger partial charge in [-0.3, -0.25) is 4.79 Å². The van der Waals surface area contributed by atoms with E-state index in [0.717, 1.165) is 13.0 Å². The molecule has 1 unspecified atom stereocenters. The van der Waals surface area contributed by atoms with Gasteiger partial charge in [0.1, 0.15) is 0 Å². The van der Waals surface area contributed by atoms with Crippen LogP contribution in [0.15, 0.2) is 18.2 Å². The van der Waals surface area contributed by atoms with Crippen molar-refractivity contribution in [2.75, 3.05) is 26.7 Å². The zero-order chi connectivity index (χ0) is 15.2. The summed E-state index contributed by atoms with van der Waals surface area (Å²) in [4.78, 5) is 14.4. The number of likely N-dealkylation sites (N-methyl/N-ethyl adjacent to an activating group) is 1. The Labute approximate surface area is 130 Å². The van der Waals surface area contributed by atoms with Gasteiger partial charge >= 0.3 is 0 Å². The number of rotatable bonds is 3. The van der Waals surface area contributed by atoms with Crippen LogP contribution < -0.4 is 11.1 Å². The van der Waals surface area contributed by atoms with Crippen molar-refractivity contribution >= 4 is 17.5 Å². The molecule has 1 aromatic rings. The maximum atomic E-state index is 12.1. The number of hydrogen-bond acceptors (Lipinski definition) is 3. The van der Waals surface area contributed by atoms with Gasteiger partial charge < -0.3 is 16.0 Å². The molecule has 0 spiro atoms. The van der Waals surface area contributed by atoms with Crippen LogP contribution in [0.5, 0.6) is 0 Å². The maximum absolute atomic E-state index is 12.1. The molecule has 3 N–H and O–H groups in total. The number of hydrogen-bond donors (Lipinski definition) is 2. The van der Waals surface area contributed by atoms with E-state index in [1.165, 1.54) is 6.42 Å². The first-order valence-corrected chi connectivity index (χ1v) is 7.46. The summed E-state index contributed by atoms with van der Waals surface area (Å²) < 4.78 is 0. The van der Waals surface area contributed by atoms with E-state index in [2.05, 4.69) is 29.1 Å². The predicted molar refractivity (Wildman–Crippen MR) is 85.4 cm³/mol. The molecule has 1 fully saturated rings. The van der Waals surface area contributed by atoms with Gasteiger partial charge in [-0.1, -0.05) is 23.4 Å². The van der Waals surface area contributed by atoms with Crippen molar-refractivity contribution in [1.82, 2.24) is 10.2 Å². The van der Waals surface area contributed by atoms with E-state index in [1.807, 2.05) is 0 Å². The Bertz CT molecular complexity index is 577. The minimum Gasteiger partial charge on any atom is -0.350 e. The van der Waals surface area contributed by atoms with Gasteiger partial charge in [0.15, 0.2) is 0 Å². The normalized spacial score (nSPS) is 18.1. The zero-order valence-corrected chi connectivity index (χ0v) is 12.9. The number of carbonyl (C=O) groups is 1. The standard InChI is InChI=1S/C16H20ClN3O/c1-20-9-3-5-14(20)11-19-16(21)13-7-6-12(4-2-8-18)15(17)10-13/h6-7,10,14H,3,5,8-9,11,18H2,1H3,(H,19,21). The summed E-state index contributed by atoms with van der Waals surface area (Å²) in [6.45, 7) is 2.05. The summed E-state index contributed by atoms with van der Waals surface area (Å²) in [5.74, 6) is 5.52. The van der Waals surface area contributed by atoms with Crippen LogP contribution in [0.3, 0.4) is 0 Å². The average molecular weight is 306 g/mol. The first-order valence-electron chi connectivity index (χ1n) is 7.08. The Morgan fingerprint density at radius 2 is 2.38 bits per heavy atom. The van der Waals surface area contributed by atoms with Crippen LogP contribution in [-0.2, 0) is 0 Å². The van der Waals surface area contributed by atoms with Crippen LogP contribution in [0, 0.1) is 11.8 Å². The number of carbonyl (C=O) groups excluding carboxylic acids is 1. The van der Waals surface area contributed by atoms with Crippen molar-refractivity contribution in [2.45, 2.75) is 18.9 Å². The van der Waals surface area contributed by atoms with E-state index < -0.39 is 0 Å². The average Bonchev–Trinajstić information content (AvgIpc) is 2.88. The van der Waals surface area contributed by atoms with Crippen molar-refractivity contribution in [3.8, 4) is 11.8 Å². The predicted octanol–water partition coefficient (Wildman–Crippen LogP) is 1.47. The van der Waals surface area contributed by atoms with E-state index in [-0.39, 0.29) is 12.5 Å². The van der Waals surface area contributed by atoms with Crippen molar-refractivity contribution in [3.63, 3.8) is 0 Å². The largest absolute Gasteiger partial charge is 0.350 e. The molecule has 1 saturated heterocycles. The highest BCUT2D eigenvalue weighted by atomic mass is 35.5. The van der Waals surface area contributed by atoms with Crippen LogP contribution >= 0.6 is 11.6 Å². The molecule has 1 atom stereocenters. The van der Waals surface area contributed by atoms with Crippen LogP contribution in [0.1, 0.15) is 28.8 Å². The van der Waals surface area contributed by atoms with Crippen molar-refractivity contribution in [1.29, 1.82) is 0 Å². The molecule has 1 aliphatic heterocycles. The Kier molecular flexibility index (Phi) is 5.63. The Hall–Kier alpha value is -1.54. The summed E-state index contributed by atoms with van der Waals surface area (Å²) in [5, 5.41) is 3.44. The molecule has 0 bridgehead atoms. The van der Waals surface area contributed by atoms with E-state index in [4.69, 9.17) is 17.3 Å². The second kappa shape index (κ2) is 7.46. The molecule has 1 aliphatic rings. The summed E-state index contributed by atoms with van der Waals surface area (Å²) >= 11 is 6.13. The van der Waals surface area contributed by atoms with Gasteiger partial charge in [-0.15, -0.1) is 0 Å². The molecule has 0 saturated carbocycles. The molecule has 1 heterocycles. The van der Waals surface area contributed by atoms with E-state index in [1.54, 1.807) is 18.2 Å². The SMILES string of the molecule is CN1CCCC1CNC(=O)c1ccc(C#CCN)c(Cl)c1. The van der Waals surface area contributed by atoms with Gasteiger partial charge in [0.05, 0.1) is 11.6 Å². The molecule has 0 aliphatic carbocycles. The number of benzene rings is 1. The Balaban J connectivity index is 1.97.